The predicted octanol–water partition coefficient (Wildman–Crippen LogP) is 3.29. The lowest BCUT2D eigenvalue weighted by molar-refractivity contribution is 0.203. The van der Waals surface area contributed by atoms with E-state index in [4.69, 9.17) is 4.74 Å². The Morgan fingerprint density at radius 1 is 1.21 bits per heavy atom. The molecule has 0 amide bonds. The van der Waals surface area contributed by atoms with Gasteiger partial charge in [0.05, 0.1) is 17.6 Å². The molecule has 0 radical (unpaired) electrons. The smallest absolute Gasteiger partial charge is 0.110 e. The van der Waals surface area contributed by atoms with Crippen LogP contribution in [0.4, 0.5) is 0 Å². The molecule has 3 aromatic rings. The molecule has 1 aromatic carbocycles. The lowest BCUT2D eigenvalue weighted by Gasteiger charge is -2.06. The second-order valence-corrected chi connectivity index (χ2v) is 4.91. The topological polar surface area (TPSA) is 26.5 Å². The van der Waals surface area contributed by atoms with Gasteiger partial charge in [-0.3, -0.25) is 4.40 Å². The zero-order chi connectivity index (χ0) is 13.4. The monoisotopic (exact) mass is 254 g/mol. The van der Waals surface area contributed by atoms with E-state index in [-0.39, 0.29) is 0 Å². The molecular weight excluding hydrogens is 236 g/mol. The van der Waals surface area contributed by atoms with Crippen LogP contribution in [0.3, 0.4) is 0 Å². The Labute approximate surface area is 112 Å². The molecule has 0 aliphatic carbocycles. The number of hydrogen-bond donors (Lipinski definition) is 0. The van der Waals surface area contributed by atoms with Gasteiger partial charge in [-0.15, -0.1) is 0 Å². The van der Waals surface area contributed by atoms with E-state index in [0.717, 1.165) is 18.9 Å². The van der Waals surface area contributed by atoms with Crippen molar-refractivity contribution in [2.24, 2.45) is 0 Å². The number of ether oxygens (including phenoxy) is 1. The number of aromatic nitrogens is 2. The first-order chi connectivity index (χ1) is 9.24. The number of fused-ring (bicyclic) bond motifs is 3. The average Bonchev–Trinajstić information content (AvgIpc) is 2.76. The van der Waals surface area contributed by atoms with E-state index in [9.17, 15) is 0 Å². The molecule has 0 aliphatic rings. The Morgan fingerprint density at radius 2 is 2.00 bits per heavy atom. The van der Waals surface area contributed by atoms with Crippen LogP contribution < -0.4 is 0 Å². The van der Waals surface area contributed by atoms with Crippen LogP contribution in [0.15, 0.2) is 30.5 Å². The Hall–Kier alpha value is -1.87. The van der Waals surface area contributed by atoms with Gasteiger partial charge < -0.3 is 4.74 Å². The molecule has 0 bridgehead atoms. The summed E-state index contributed by atoms with van der Waals surface area (Å²) in [6.45, 7) is 4.92. The number of para-hydroxylation sites is 1. The highest BCUT2D eigenvalue weighted by Gasteiger charge is 2.14. The molecule has 2 aromatic heterocycles. The quantitative estimate of drug-likeness (QED) is 0.717. The molecule has 3 nitrogen and oxygen atoms in total. The molecule has 3 rings (SSSR count). The summed E-state index contributed by atoms with van der Waals surface area (Å²) in [5.41, 5.74) is 5.09. The van der Waals surface area contributed by atoms with Crippen LogP contribution in [-0.2, 0) is 11.2 Å². The van der Waals surface area contributed by atoms with Gasteiger partial charge in [0, 0.05) is 18.7 Å². The van der Waals surface area contributed by atoms with Crippen LogP contribution in [0.2, 0.25) is 0 Å². The molecule has 19 heavy (non-hydrogen) atoms. The summed E-state index contributed by atoms with van der Waals surface area (Å²) in [6, 6.07) is 8.52. The van der Waals surface area contributed by atoms with E-state index in [2.05, 4.69) is 47.5 Å². The van der Waals surface area contributed by atoms with Gasteiger partial charge in [0.1, 0.15) is 5.82 Å². The molecule has 0 fully saturated rings. The standard InChI is InChI=1S/C16H18N2O/c1-11-10-17-12(2)18-15-7-5-4-6-13(15)14(16(11)18)8-9-19-3/h4-7,10H,8-9H2,1-3H3. The molecule has 0 atom stereocenters. The Morgan fingerprint density at radius 3 is 2.79 bits per heavy atom. The average molecular weight is 254 g/mol. The second kappa shape index (κ2) is 4.67. The van der Waals surface area contributed by atoms with Gasteiger partial charge in [-0.25, -0.2) is 4.98 Å². The predicted molar refractivity (Wildman–Crippen MR) is 77.8 cm³/mol. The van der Waals surface area contributed by atoms with E-state index >= 15 is 0 Å². The van der Waals surface area contributed by atoms with Crippen LogP contribution in [-0.4, -0.2) is 23.1 Å². The zero-order valence-corrected chi connectivity index (χ0v) is 11.6. The number of benzene rings is 1. The number of nitrogens with zero attached hydrogens (tertiary/aromatic N) is 2. The van der Waals surface area contributed by atoms with Crippen molar-refractivity contribution < 1.29 is 4.74 Å². The molecule has 0 unspecified atom stereocenters. The third-order valence-corrected chi connectivity index (χ3v) is 3.68. The van der Waals surface area contributed by atoms with E-state index in [1.165, 1.54) is 27.5 Å². The van der Waals surface area contributed by atoms with Crippen molar-refractivity contribution in [3.8, 4) is 0 Å². The van der Waals surface area contributed by atoms with Crippen LogP contribution >= 0.6 is 0 Å². The minimum absolute atomic E-state index is 0.741. The fraction of sp³-hybridized carbons (Fsp3) is 0.312. The van der Waals surface area contributed by atoms with Crippen molar-refractivity contribution in [1.82, 2.24) is 9.38 Å². The third kappa shape index (κ3) is 1.81. The Balaban J connectivity index is 2.45. The fourth-order valence-electron chi connectivity index (χ4n) is 2.82. The normalized spacial score (nSPS) is 11.5. The van der Waals surface area contributed by atoms with Gasteiger partial charge >= 0.3 is 0 Å². The maximum atomic E-state index is 5.26. The van der Waals surface area contributed by atoms with Crippen molar-refractivity contribution in [3.05, 3.63) is 47.4 Å². The van der Waals surface area contributed by atoms with Crippen molar-refractivity contribution in [2.45, 2.75) is 20.3 Å². The molecule has 0 aliphatic heterocycles. The highest BCUT2D eigenvalue weighted by atomic mass is 16.5. The first-order valence-corrected chi connectivity index (χ1v) is 6.57. The van der Waals surface area contributed by atoms with E-state index in [1.807, 2.05) is 6.20 Å². The van der Waals surface area contributed by atoms with Gasteiger partial charge in [-0.1, -0.05) is 18.2 Å². The van der Waals surface area contributed by atoms with Crippen LogP contribution in [0.1, 0.15) is 17.0 Å². The maximum Gasteiger partial charge on any atom is 0.110 e. The first kappa shape index (κ1) is 12.2. The highest BCUT2D eigenvalue weighted by Crippen LogP contribution is 2.29. The number of methoxy groups -OCH3 is 1. The molecule has 0 saturated carbocycles. The summed E-state index contributed by atoms with van der Waals surface area (Å²) in [5.74, 6) is 1.03. The molecule has 0 N–H and O–H groups in total. The fourth-order valence-corrected chi connectivity index (χ4v) is 2.82. The number of rotatable bonds is 3. The molecule has 98 valence electrons. The third-order valence-electron chi connectivity index (χ3n) is 3.68. The Kier molecular flexibility index (Phi) is 2.99. The molecule has 3 heteroatoms. The van der Waals surface area contributed by atoms with Crippen LogP contribution in [0.25, 0.3) is 16.4 Å². The molecule has 0 saturated heterocycles. The lowest BCUT2D eigenvalue weighted by Crippen LogP contribution is -1.99. The van der Waals surface area contributed by atoms with Crippen LogP contribution in [0.5, 0.6) is 0 Å². The van der Waals surface area contributed by atoms with Crippen molar-refractivity contribution in [2.75, 3.05) is 13.7 Å². The van der Waals surface area contributed by atoms with Gasteiger partial charge in [0.25, 0.3) is 0 Å². The summed E-state index contributed by atoms with van der Waals surface area (Å²) in [6.07, 6.45) is 2.89. The van der Waals surface area contributed by atoms with Crippen molar-refractivity contribution in [3.63, 3.8) is 0 Å². The Bertz CT molecular complexity index is 743. The highest BCUT2D eigenvalue weighted by molar-refractivity contribution is 5.93. The summed E-state index contributed by atoms with van der Waals surface area (Å²) in [5, 5.41) is 1.30. The minimum atomic E-state index is 0.741. The summed E-state index contributed by atoms with van der Waals surface area (Å²) in [7, 11) is 1.75. The summed E-state index contributed by atoms with van der Waals surface area (Å²) in [4.78, 5) is 4.48. The summed E-state index contributed by atoms with van der Waals surface area (Å²) < 4.78 is 7.52. The minimum Gasteiger partial charge on any atom is -0.384 e. The molecule has 2 heterocycles. The molecular formula is C16H18N2O. The molecule has 0 spiro atoms. The largest absolute Gasteiger partial charge is 0.384 e. The number of aryl methyl sites for hydroxylation is 2. The first-order valence-electron chi connectivity index (χ1n) is 6.57. The second-order valence-electron chi connectivity index (χ2n) is 4.91. The van der Waals surface area contributed by atoms with Gasteiger partial charge in [-0.05, 0) is 37.5 Å². The lowest BCUT2D eigenvalue weighted by atomic mass is 10.1. The van der Waals surface area contributed by atoms with Gasteiger partial charge in [0.15, 0.2) is 0 Å². The van der Waals surface area contributed by atoms with E-state index in [0.29, 0.717) is 0 Å². The van der Waals surface area contributed by atoms with Crippen molar-refractivity contribution >= 4 is 16.4 Å². The summed E-state index contributed by atoms with van der Waals surface area (Å²) >= 11 is 0. The van der Waals surface area contributed by atoms with E-state index in [1.54, 1.807) is 7.11 Å². The van der Waals surface area contributed by atoms with Gasteiger partial charge in [0.2, 0.25) is 0 Å². The zero-order valence-electron chi connectivity index (χ0n) is 11.6. The van der Waals surface area contributed by atoms with E-state index < -0.39 is 0 Å². The number of hydrogen-bond acceptors (Lipinski definition) is 2. The van der Waals surface area contributed by atoms with Crippen LogP contribution in [0, 0.1) is 13.8 Å². The van der Waals surface area contributed by atoms with Gasteiger partial charge in [-0.2, -0.15) is 0 Å². The van der Waals surface area contributed by atoms with Crippen molar-refractivity contribution in [1.29, 1.82) is 0 Å². The SMILES string of the molecule is COCCc1c2ccccc2n2c(C)ncc(C)c12. The maximum absolute atomic E-state index is 5.26.